The molecule has 0 aliphatic heterocycles. The Kier molecular flexibility index (Phi) is 11.5. The van der Waals surface area contributed by atoms with E-state index in [-0.39, 0.29) is 0 Å². The molecule has 3 rings (SSSR count). The summed E-state index contributed by atoms with van der Waals surface area (Å²) >= 11 is 3.59. The average molecular weight is 469 g/mol. The quantitative estimate of drug-likeness (QED) is 0.195. The number of hydrogen-bond donors (Lipinski definition) is 0. The van der Waals surface area contributed by atoms with E-state index in [0.29, 0.717) is 0 Å². The van der Waals surface area contributed by atoms with Crippen LogP contribution in [0, 0.1) is 0 Å². The fraction of sp³-hybridized carbons (Fsp3) is 0.571. The van der Waals surface area contributed by atoms with Crippen LogP contribution in [0.3, 0.4) is 0 Å². The maximum Gasteiger partial charge on any atom is 0.103 e. The standard InChI is InChI=1S/C28H40N2S2/c1-3-5-7-9-11-13-15-23-19-27(31-21-23)25-17-18-26(30-29-25)28-20-24(22-32-28)16-14-12-10-8-6-4-2/h17-22H,3-16H2,1-2H3. The van der Waals surface area contributed by atoms with Crippen molar-refractivity contribution in [1.82, 2.24) is 10.2 Å². The molecule has 174 valence electrons. The van der Waals surface area contributed by atoms with Gasteiger partial charge in [-0.1, -0.05) is 78.1 Å². The number of hydrogen-bond acceptors (Lipinski definition) is 4. The van der Waals surface area contributed by atoms with Crippen molar-refractivity contribution in [2.75, 3.05) is 0 Å². The lowest BCUT2D eigenvalue weighted by Gasteiger charge is -2.00. The first-order chi connectivity index (χ1) is 15.8. The summed E-state index contributed by atoms with van der Waals surface area (Å²) < 4.78 is 0. The number of unbranched alkanes of at least 4 members (excludes halogenated alkanes) is 10. The van der Waals surface area contributed by atoms with Gasteiger partial charge < -0.3 is 0 Å². The molecule has 0 amide bonds. The van der Waals surface area contributed by atoms with Crippen LogP contribution in [0.5, 0.6) is 0 Å². The molecule has 0 bridgehead atoms. The first-order valence-electron chi connectivity index (χ1n) is 12.8. The largest absolute Gasteiger partial charge is 0.149 e. The van der Waals surface area contributed by atoms with Gasteiger partial charge in [-0.3, -0.25) is 0 Å². The van der Waals surface area contributed by atoms with Gasteiger partial charge in [-0.25, -0.2) is 0 Å². The van der Waals surface area contributed by atoms with Gasteiger partial charge in [0, 0.05) is 0 Å². The SMILES string of the molecule is CCCCCCCCc1csc(-c2ccc(-c3cc(CCCCCCCC)cs3)nn2)c1. The van der Waals surface area contributed by atoms with E-state index in [9.17, 15) is 0 Å². The lowest BCUT2D eigenvalue weighted by Crippen LogP contribution is -1.88. The second-order valence-electron chi connectivity index (χ2n) is 8.98. The molecule has 0 atom stereocenters. The zero-order valence-electron chi connectivity index (χ0n) is 20.1. The van der Waals surface area contributed by atoms with Gasteiger partial charge in [0.2, 0.25) is 0 Å². The van der Waals surface area contributed by atoms with E-state index < -0.39 is 0 Å². The van der Waals surface area contributed by atoms with Gasteiger partial charge in [0.25, 0.3) is 0 Å². The van der Waals surface area contributed by atoms with Gasteiger partial charge >= 0.3 is 0 Å². The third kappa shape index (κ3) is 8.44. The molecule has 0 saturated carbocycles. The smallest absolute Gasteiger partial charge is 0.103 e. The van der Waals surface area contributed by atoms with Gasteiger partial charge in [0.05, 0.1) is 9.75 Å². The molecule has 0 radical (unpaired) electrons. The Morgan fingerprint density at radius 2 is 0.969 bits per heavy atom. The summed E-state index contributed by atoms with van der Waals surface area (Å²) in [5, 5.41) is 13.7. The fourth-order valence-electron chi connectivity index (χ4n) is 4.10. The minimum Gasteiger partial charge on any atom is -0.149 e. The van der Waals surface area contributed by atoms with Gasteiger partial charge in [-0.15, -0.1) is 32.9 Å². The van der Waals surface area contributed by atoms with Crippen molar-refractivity contribution in [1.29, 1.82) is 0 Å². The first-order valence-corrected chi connectivity index (χ1v) is 14.6. The molecule has 0 aliphatic carbocycles. The minimum atomic E-state index is 0.997. The summed E-state index contributed by atoms with van der Waals surface area (Å²) in [5.74, 6) is 0. The van der Waals surface area contributed by atoms with E-state index >= 15 is 0 Å². The molecule has 0 fully saturated rings. The van der Waals surface area contributed by atoms with Crippen molar-refractivity contribution in [2.45, 2.75) is 104 Å². The van der Waals surface area contributed by atoms with Crippen LogP contribution in [0.1, 0.15) is 102 Å². The van der Waals surface area contributed by atoms with Crippen LogP contribution in [-0.4, -0.2) is 10.2 Å². The Bertz CT molecular complexity index is 806. The molecule has 0 aliphatic rings. The van der Waals surface area contributed by atoms with Gasteiger partial charge in [-0.2, -0.15) is 0 Å². The van der Waals surface area contributed by atoms with Crippen molar-refractivity contribution >= 4 is 22.7 Å². The Hall–Kier alpha value is -1.52. The molecule has 0 spiro atoms. The molecule has 0 unspecified atom stereocenters. The van der Waals surface area contributed by atoms with Crippen LogP contribution >= 0.6 is 22.7 Å². The van der Waals surface area contributed by atoms with Gasteiger partial charge in [-0.05, 0) is 71.8 Å². The minimum absolute atomic E-state index is 0.997. The summed E-state index contributed by atoms with van der Waals surface area (Å²) in [6, 6.07) is 8.89. The van der Waals surface area contributed by atoms with Crippen LogP contribution in [0.15, 0.2) is 35.0 Å². The van der Waals surface area contributed by atoms with Crippen molar-refractivity contribution < 1.29 is 0 Å². The highest BCUT2D eigenvalue weighted by Crippen LogP contribution is 2.30. The van der Waals surface area contributed by atoms with E-state index in [1.54, 1.807) is 22.7 Å². The number of nitrogens with zero attached hydrogens (tertiary/aromatic N) is 2. The molecule has 4 heteroatoms. The van der Waals surface area contributed by atoms with Crippen molar-refractivity contribution in [2.24, 2.45) is 0 Å². The summed E-state index contributed by atoms with van der Waals surface area (Å²) in [6.07, 6.45) is 18.6. The van der Waals surface area contributed by atoms with Crippen LogP contribution < -0.4 is 0 Å². The highest BCUT2D eigenvalue weighted by Gasteiger charge is 2.08. The van der Waals surface area contributed by atoms with E-state index in [0.717, 1.165) is 11.4 Å². The Labute approximate surface area is 203 Å². The summed E-state index contributed by atoms with van der Waals surface area (Å²) in [6.45, 7) is 4.55. The molecule has 0 aromatic carbocycles. The Morgan fingerprint density at radius 3 is 1.38 bits per heavy atom. The zero-order chi connectivity index (χ0) is 22.4. The van der Waals surface area contributed by atoms with Crippen molar-refractivity contribution in [3.05, 3.63) is 46.2 Å². The summed E-state index contributed by atoms with van der Waals surface area (Å²) in [5.41, 5.74) is 4.89. The molecule has 0 N–H and O–H groups in total. The molecule has 3 aromatic rings. The lowest BCUT2D eigenvalue weighted by atomic mass is 10.1. The first kappa shape index (κ1) is 25.1. The van der Waals surface area contributed by atoms with E-state index in [1.807, 2.05) is 0 Å². The third-order valence-electron chi connectivity index (χ3n) is 6.11. The molecule has 3 heterocycles. The fourth-order valence-corrected chi connectivity index (χ4v) is 5.92. The summed E-state index contributed by atoms with van der Waals surface area (Å²) in [7, 11) is 0. The van der Waals surface area contributed by atoms with Gasteiger partial charge in [0.1, 0.15) is 11.4 Å². The number of rotatable bonds is 16. The predicted molar refractivity (Wildman–Crippen MR) is 143 cm³/mol. The highest BCUT2D eigenvalue weighted by molar-refractivity contribution is 7.14. The maximum absolute atomic E-state index is 4.55. The highest BCUT2D eigenvalue weighted by atomic mass is 32.1. The molecule has 2 nitrogen and oxygen atoms in total. The maximum atomic E-state index is 4.55. The molecule has 0 saturated heterocycles. The van der Waals surface area contributed by atoms with Crippen LogP contribution in [-0.2, 0) is 12.8 Å². The van der Waals surface area contributed by atoms with Crippen LogP contribution in [0.4, 0.5) is 0 Å². The van der Waals surface area contributed by atoms with Crippen LogP contribution in [0.25, 0.3) is 21.1 Å². The average Bonchev–Trinajstić information content (AvgIpc) is 3.49. The summed E-state index contributed by atoms with van der Waals surface area (Å²) in [4.78, 5) is 2.47. The second-order valence-corrected chi connectivity index (χ2v) is 10.8. The molecular weight excluding hydrogens is 428 g/mol. The lowest BCUT2D eigenvalue weighted by molar-refractivity contribution is 0.608. The third-order valence-corrected chi connectivity index (χ3v) is 8.12. The van der Waals surface area contributed by atoms with Crippen molar-refractivity contribution in [3.8, 4) is 21.1 Å². The van der Waals surface area contributed by atoms with Crippen molar-refractivity contribution in [3.63, 3.8) is 0 Å². The molecular formula is C28H40N2S2. The van der Waals surface area contributed by atoms with E-state index in [2.05, 4.69) is 59.1 Å². The van der Waals surface area contributed by atoms with E-state index in [4.69, 9.17) is 0 Å². The van der Waals surface area contributed by atoms with E-state index in [1.165, 1.54) is 111 Å². The molecule has 32 heavy (non-hydrogen) atoms. The number of aromatic nitrogens is 2. The zero-order valence-corrected chi connectivity index (χ0v) is 21.7. The number of thiophene rings is 2. The molecule has 3 aromatic heterocycles. The second kappa shape index (κ2) is 14.6. The Balaban J connectivity index is 1.45. The number of aryl methyl sites for hydroxylation is 2. The topological polar surface area (TPSA) is 25.8 Å². The normalized spacial score (nSPS) is 11.3. The van der Waals surface area contributed by atoms with Crippen LogP contribution in [0.2, 0.25) is 0 Å². The predicted octanol–water partition coefficient (Wildman–Crippen LogP) is 9.74. The monoisotopic (exact) mass is 468 g/mol. The van der Waals surface area contributed by atoms with Gasteiger partial charge in [0.15, 0.2) is 0 Å². The Morgan fingerprint density at radius 1 is 0.562 bits per heavy atom.